The third kappa shape index (κ3) is 4.52. The number of nitrogens with one attached hydrogen (secondary N) is 1. The van der Waals surface area contributed by atoms with Crippen LogP contribution in [0.5, 0.6) is 0 Å². The Morgan fingerprint density at radius 2 is 2.00 bits per heavy atom. The van der Waals surface area contributed by atoms with E-state index in [2.05, 4.69) is 21.9 Å². The standard InChI is InChI=1S/C19H21N3OS2/c1-14-18(15(2)22(21-14)16-7-4-3-5-8-16)11-20-19(23)13-24-12-17-9-6-10-25-17/h3-10H,11-13H2,1-2H3,(H,20,23). The van der Waals surface area contributed by atoms with Crippen LogP contribution in [0, 0.1) is 13.8 Å². The molecule has 0 aliphatic rings. The Bertz CT molecular complexity index is 826. The Balaban J connectivity index is 1.56. The summed E-state index contributed by atoms with van der Waals surface area (Å²) in [6.07, 6.45) is 0. The van der Waals surface area contributed by atoms with Gasteiger partial charge in [-0.2, -0.15) is 5.10 Å². The van der Waals surface area contributed by atoms with E-state index in [4.69, 9.17) is 0 Å². The monoisotopic (exact) mass is 371 g/mol. The van der Waals surface area contributed by atoms with Gasteiger partial charge in [0.2, 0.25) is 5.91 Å². The molecule has 1 amide bonds. The van der Waals surface area contributed by atoms with Crippen molar-refractivity contribution in [1.82, 2.24) is 15.1 Å². The highest BCUT2D eigenvalue weighted by molar-refractivity contribution is 7.99. The van der Waals surface area contributed by atoms with Crippen LogP contribution in [0.15, 0.2) is 47.8 Å². The Hall–Kier alpha value is -2.05. The van der Waals surface area contributed by atoms with Gasteiger partial charge in [-0.1, -0.05) is 24.3 Å². The molecule has 0 saturated carbocycles. The van der Waals surface area contributed by atoms with Crippen LogP contribution in [-0.4, -0.2) is 21.4 Å². The Labute approximate surface area is 156 Å². The fourth-order valence-corrected chi connectivity index (χ4v) is 4.33. The van der Waals surface area contributed by atoms with E-state index in [0.29, 0.717) is 12.3 Å². The second-order valence-corrected chi connectivity index (χ2v) is 7.76. The highest BCUT2D eigenvalue weighted by Crippen LogP contribution is 2.19. The summed E-state index contributed by atoms with van der Waals surface area (Å²) in [5, 5.41) is 9.69. The molecule has 0 aliphatic heterocycles. The molecule has 0 saturated heterocycles. The zero-order valence-electron chi connectivity index (χ0n) is 14.4. The van der Waals surface area contributed by atoms with Gasteiger partial charge >= 0.3 is 0 Å². The normalized spacial score (nSPS) is 10.8. The predicted molar refractivity (Wildman–Crippen MR) is 105 cm³/mol. The third-order valence-corrected chi connectivity index (χ3v) is 6.00. The van der Waals surface area contributed by atoms with Crippen molar-refractivity contribution < 1.29 is 4.79 Å². The summed E-state index contributed by atoms with van der Waals surface area (Å²) in [5.41, 5.74) is 4.13. The molecular formula is C19H21N3OS2. The van der Waals surface area contributed by atoms with Gasteiger partial charge < -0.3 is 5.32 Å². The molecule has 6 heteroatoms. The van der Waals surface area contributed by atoms with E-state index in [1.165, 1.54) is 4.88 Å². The van der Waals surface area contributed by atoms with Crippen LogP contribution in [0.3, 0.4) is 0 Å². The smallest absolute Gasteiger partial charge is 0.230 e. The highest BCUT2D eigenvalue weighted by atomic mass is 32.2. The maximum Gasteiger partial charge on any atom is 0.230 e. The largest absolute Gasteiger partial charge is 0.351 e. The van der Waals surface area contributed by atoms with E-state index in [1.807, 2.05) is 54.9 Å². The number of para-hydroxylation sites is 1. The van der Waals surface area contributed by atoms with E-state index in [1.54, 1.807) is 23.1 Å². The van der Waals surface area contributed by atoms with E-state index in [9.17, 15) is 4.79 Å². The maximum atomic E-state index is 12.1. The van der Waals surface area contributed by atoms with Gasteiger partial charge in [0.25, 0.3) is 0 Å². The van der Waals surface area contributed by atoms with Crippen LogP contribution in [0.2, 0.25) is 0 Å². The van der Waals surface area contributed by atoms with Crippen molar-refractivity contribution in [3.05, 3.63) is 69.7 Å². The van der Waals surface area contributed by atoms with Gasteiger partial charge in [0.15, 0.2) is 0 Å². The molecule has 4 nitrogen and oxygen atoms in total. The van der Waals surface area contributed by atoms with Crippen LogP contribution in [0.4, 0.5) is 0 Å². The maximum absolute atomic E-state index is 12.1. The average molecular weight is 372 g/mol. The molecule has 0 spiro atoms. The molecule has 0 aliphatic carbocycles. The quantitative estimate of drug-likeness (QED) is 0.680. The number of hydrogen-bond donors (Lipinski definition) is 1. The predicted octanol–water partition coefficient (Wildman–Crippen LogP) is 4.10. The number of thioether (sulfide) groups is 1. The minimum absolute atomic E-state index is 0.0628. The number of nitrogens with zero attached hydrogens (tertiary/aromatic N) is 2. The van der Waals surface area contributed by atoms with Gasteiger partial charge in [-0.3, -0.25) is 4.79 Å². The molecule has 3 rings (SSSR count). The van der Waals surface area contributed by atoms with E-state index < -0.39 is 0 Å². The van der Waals surface area contributed by atoms with Crippen molar-refractivity contribution in [1.29, 1.82) is 0 Å². The molecule has 2 heterocycles. The molecule has 0 fully saturated rings. The molecule has 0 bridgehead atoms. The summed E-state index contributed by atoms with van der Waals surface area (Å²) >= 11 is 3.37. The first-order valence-electron chi connectivity index (χ1n) is 8.12. The molecule has 0 atom stereocenters. The van der Waals surface area contributed by atoms with Gasteiger partial charge in [0, 0.05) is 28.4 Å². The van der Waals surface area contributed by atoms with Crippen LogP contribution in [-0.2, 0) is 17.1 Å². The Kier molecular flexibility index (Phi) is 5.94. The molecule has 1 aromatic carbocycles. The second kappa shape index (κ2) is 8.36. The molecule has 0 unspecified atom stereocenters. The highest BCUT2D eigenvalue weighted by Gasteiger charge is 2.13. The average Bonchev–Trinajstić information content (AvgIpc) is 3.23. The fraction of sp³-hybridized carbons (Fsp3) is 0.263. The first-order valence-corrected chi connectivity index (χ1v) is 10.2. The van der Waals surface area contributed by atoms with Crippen LogP contribution in [0.1, 0.15) is 21.8 Å². The van der Waals surface area contributed by atoms with Crippen LogP contribution < -0.4 is 5.32 Å². The van der Waals surface area contributed by atoms with Crippen molar-refractivity contribution in [2.24, 2.45) is 0 Å². The first-order chi connectivity index (χ1) is 12.1. The molecule has 2 aromatic heterocycles. The van der Waals surface area contributed by atoms with Gasteiger partial charge in [-0.25, -0.2) is 4.68 Å². The summed E-state index contributed by atoms with van der Waals surface area (Å²) < 4.78 is 1.93. The number of aryl methyl sites for hydroxylation is 1. The summed E-state index contributed by atoms with van der Waals surface area (Å²) in [6.45, 7) is 4.54. The molecule has 1 N–H and O–H groups in total. The fourth-order valence-electron chi connectivity index (χ4n) is 2.63. The van der Waals surface area contributed by atoms with Crippen molar-refractivity contribution in [3.63, 3.8) is 0 Å². The first kappa shape index (κ1) is 17.8. The van der Waals surface area contributed by atoms with Crippen molar-refractivity contribution in [3.8, 4) is 5.69 Å². The summed E-state index contributed by atoms with van der Waals surface area (Å²) in [4.78, 5) is 13.4. The topological polar surface area (TPSA) is 46.9 Å². The van der Waals surface area contributed by atoms with Gasteiger partial charge in [-0.15, -0.1) is 23.1 Å². The lowest BCUT2D eigenvalue weighted by molar-refractivity contribution is -0.118. The minimum atomic E-state index is 0.0628. The number of benzene rings is 1. The molecular weight excluding hydrogens is 350 g/mol. The number of aromatic nitrogens is 2. The van der Waals surface area contributed by atoms with Gasteiger partial charge in [0.1, 0.15) is 0 Å². The third-order valence-electron chi connectivity index (χ3n) is 3.96. The van der Waals surface area contributed by atoms with Crippen molar-refractivity contribution >= 4 is 29.0 Å². The summed E-state index contributed by atoms with van der Waals surface area (Å²) in [5.74, 6) is 1.42. The lowest BCUT2D eigenvalue weighted by Gasteiger charge is -2.07. The van der Waals surface area contributed by atoms with Crippen molar-refractivity contribution in [2.75, 3.05) is 5.75 Å². The molecule has 0 radical (unpaired) electrons. The number of hydrogen-bond acceptors (Lipinski definition) is 4. The number of carbonyl (C=O) groups excluding carboxylic acids is 1. The SMILES string of the molecule is Cc1nn(-c2ccccc2)c(C)c1CNC(=O)CSCc1cccs1. The zero-order valence-corrected chi connectivity index (χ0v) is 16.0. The number of amides is 1. The minimum Gasteiger partial charge on any atom is -0.351 e. The Morgan fingerprint density at radius 1 is 1.20 bits per heavy atom. The van der Waals surface area contributed by atoms with Crippen LogP contribution in [0.25, 0.3) is 5.69 Å². The van der Waals surface area contributed by atoms with E-state index >= 15 is 0 Å². The van der Waals surface area contributed by atoms with Crippen molar-refractivity contribution in [2.45, 2.75) is 26.1 Å². The lowest BCUT2D eigenvalue weighted by atomic mass is 10.2. The molecule has 130 valence electrons. The van der Waals surface area contributed by atoms with Gasteiger partial charge in [0.05, 0.1) is 17.1 Å². The zero-order chi connectivity index (χ0) is 17.6. The number of rotatable bonds is 7. The van der Waals surface area contributed by atoms with E-state index in [-0.39, 0.29) is 5.91 Å². The van der Waals surface area contributed by atoms with Gasteiger partial charge in [-0.05, 0) is 37.4 Å². The lowest BCUT2D eigenvalue weighted by Crippen LogP contribution is -2.25. The number of carbonyl (C=O) groups is 1. The second-order valence-electron chi connectivity index (χ2n) is 5.75. The Morgan fingerprint density at radius 3 is 2.72 bits per heavy atom. The number of thiophene rings is 1. The van der Waals surface area contributed by atoms with E-state index in [0.717, 1.165) is 28.4 Å². The molecule has 3 aromatic rings. The summed E-state index contributed by atoms with van der Waals surface area (Å²) in [6, 6.07) is 14.2. The van der Waals surface area contributed by atoms with Crippen LogP contribution >= 0.6 is 23.1 Å². The molecule has 25 heavy (non-hydrogen) atoms. The summed E-state index contributed by atoms with van der Waals surface area (Å²) in [7, 11) is 0.